The summed E-state index contributed by atoms with van der Waals surface area (Å²) in [6, 6.07) is -0.412. The molecule has 0 saturated carbocycles. The number of aromatic nitrogens is 2. The number of carbonyl (C=O) groups excluding carboxylic acids is 2. The lowest BCUT2D eigenvalue weighted by Gasteiger charge is -2.39. The maximum atomic E-state index is 12.6. The zero-order valence-electron chi connectivity index (χ0n) is 13.2. The van der Waals surface area contributed by atoms with E-state index in [1.54, 1.807) is 18.0 Å². The molecule has 0 radical (unpaired) electrons. The molecule has 6 heteroatoms. The van der Waals surface area contributed by atoms with Crippen LogP contribution in [0.25, 0.3) is 0 Å². The van der Waals surface area contributed by atoms with Gasteiger partial charge in [-0.15, -0.1) is 0 Å². The minimum atomic E-state index is -0.412. The van der Waals surface area contributed by atoms with Gasteiger partial charge in [-0.05, 0) is 19.3 Å². The summed E-state index contributed by atoms with van der Waals surface area (Å²) >= 11 is 0. The standard InChI is InChI=1S/C15H24N4O2/c1-5-13-12(8-16-17-13)15(21)19-7-6-18(9-10(2)3)14(20)11(19)4/h8,10-11H,5-7,9H2,1-4H3,(H,16,17)/t11-/m0/s1. The lowest BCUT2D eigenvalue weighted by molar-refractivity contribution is -0.140. The number of rotatable bonds is 4. The highest BCUT2D eigenvalue weighted by atomic mass is 16.2. The molecule has 1 aromatic heterocycles. The predicted octanol–water partition coefficient (Wildman–Crippen LogP) is 1.30. The second-order valence-electron chi connectivity index (χ2n) is 5.97. The fourth-order valence-corrected chi connectivity index (χ4v) is 2.75. The van der Waals surface area contributed by atoms with Crippen LogP contribution in [0.5, 0.6) is 0 Å². The number of aromatic amines is 1. The third-order valence-corrected chi connectivity index (χ3v) is 3.90. The minimum absolute atomic E-state index is 0.0323. The zero-order valence-corrected chi connectivity index (χ0v) is 13.2. The van der Waals surface area contributed by atoms with E-state index in [1.807, 2.05) is 11.8 Å². The number of H-pyrrole nitrogens is 1. The molecule has 6 nitrogen and oxygen atoms in total. The number of nitrogens with zero attached hydrogens (tertiary/aromatic N) is 3. The van der Waals surface area contributed by atoms with Gasteiger partial charge >= 0.3 is 0 Å². The second-order valence-corrected chi connectivity index (χ2v) is 5.97. The molecule has 1 aliphatic rings. The van der Waals surface area contributed by atoms with Crippen LogP contribution in [0.4, 0.5) is 0 Å². The summed E-state index contributed by atoms with van der Waals surface area (Å²) in [4.78, 5) is 28.5. The highest BCUT2D eigenvalue weighted by molar-refractivity contribution is 5.98. The number of hydrogen-bond donors (Lipinski definition) is 1. The van der Waals surface area contributed by atoms with E-state index in [0.29, 0.717) is 24.6 Å². The third kappa shape index (κ3) is 3.09. The molecule has 2 heterocycles. The number of nitrogens with one attached hydrogen (secondary N) is 1. The SMILES string of the molecule is CCc1[nH]ncc1C(=O)N1CCN(CC(C)C)C(=O)[C@@H]1C. The van der Waals surface area contributed by atoms with Crippen molar-refractivity contribution in [2.75, 3.05) is 19.6 Å². The maximum Gasteiger partial charge on any atom is 0.258 e. The minimum Gasteiger partial charge on any atom is -0.339 e. The Labute approximate surface area is 125 Å². The number of hydrogen-bond acceptors (Lipinski definition) is 3. The molecule has 0 unspecified atom stereocenters. The van der Waals surface area contributed by atoms with Gasteiger partial charge in [0.1, 0.15) is 6.04 Å². The topological polar surface area (TPSA) is 69.3 Å². The van der Waals surface area contributed by atoms with Crippen molar-refractivity contribution < 1.29 is 9.59 Å². The summed E-state index contributed by atoms with van der Waals surface area (Å²) in [6.45, 7) is 9.89. The molecule has 1 aromatic rings. The van der Waals surface area contributed by atoms with E-state index in [1.165, 1.54) is 0 Å². The molecule has 21 heavy (non-hydrogen) atoms. The van der Waals surface area contributed by atoms with Crippen LogP contribution in [0.3, 0.4) is 0 Å². The van der Waals surface area contributed by atoms with Gasteiger partial charge in [0, 0.05) is 25.3 Å². The Kier molecular flexibility index (Phi) is 4.65. The van der Waals surface area contributed by atoms with Crippen LogP contribution in [0.15, 0.2) is 6.20 Å². The Morgan fingerprint density at radius 1 is 1.48 bits per heavy atom. The van der Waals surface area contributed by atoms with E-state index in [-0.39, 0.29) is 11.8 Å². The molecule has 0 bridgehead atoms. The molecule has 1 fully saturated rings. The van der Waals surface area contributed by atoms with Crippen molar-refractivity contribution in [3.05, 3.63) is 17.5 Å². The normalized spacial score (nSPS) is 19.5. The summed E-state index contributed by atoms with van der Waals surface area (Å²) in [5.41, 5.74) is 1.40. The average molecular weight is 292 g/mol. The summed E-state index contributed by atoms with van der Waals surface area (Å²) in [5, 5.41) is 6.78. The maximum absolute atomic E-state index is 12.6. The van der Waals surface area contributed by atoms with Crippen LogP contribution in [0.1, 0.15) is 43.7 Å². The fraction of sp³-hybridized carbons (Fsp3) is 0.667. The van der Waals surface area contributed by atoms with Crippen molar-refractivity contribution in [3.63, 3.8) is 0 Å². The smallest absolute Gasteiger partial charge is 0.258 e. The number of carbonyl (C=O) groups is 2. The summed E-state index contributed by atoms with van der Waals surface area (Å²) in [5.74, 6) is 0.361. The molecular formula is C15H24N4O2. The Balaban J connectivity index is 2.12. The van der Waals surface area contributed by atoms with Crippen molar-refractivity contribution >= 4 is 11.8 Å². The summed E-state index contributed by atoms with van der Waals surface area (Å²) in [7, 11) is 0. The lowest BCUT2D eigenvalue weighted by atomic mass is 10.1. The molecule has 2 amide bonds. The molecule has 0 aliphatic carbocycles. The van der Waals surface area contributed by atoms with Crippen LogP contribution >= 0.6 is 0 Å². The second kappa shape index (κ2) is 6.28. The van der Waals surface area contributed by atoms with Gasteiger partial charge in [-0.1, -0.05) is 20.8 Å². The van der Waals surface area contributed by atoms with Gasteiger partial charge < -0.3 is 9.80 Å². The number of aryl methyl sites for hydroxylation is 1. The van der Waals surface area contributed by atoms with Crippen LogP contribution in [0, 0.1) is 5.92 Å². The average Bonchev–Trinajstić information content (AvgIpc) is 2.91. The molecule has 1 saturated heterocycles. The first kappa shape index (κ1) is 15.5. The Morgan fingerprint density at radius 2 is 2.19 bits per heavy atom. The quantitative estimate of drug-likeness (QED) is 0.909. The number of piperazine rings is 1. The van der Waals surface area contributed by atoms with Crippen LogP contribution < -0.4 is 0 Å². The van der Waals surface area contributed by atoms with Gasteiger partial charge in [0.2, 0.25) is 5.91 Å². The summed E-state index contributed by atoms with van der Waals surface area (Å²) < 4.78 is 0. The van der Waals surface area contributed by atoms with Gasteiger partial charge in [0.15, 0.2) is 0 Å². The molecule has 1 N–H and O–H groups in total. The molecule has 116 valence electrons. The van der Waals surface area contributed by atoms with Crippen molar-refractivity contribution in [2.45, 2.75) is 40.2 Å². The largest absolute Gasteiger partial charge is 0.339 e. The lowest BCUT2D eigenvalue weighted by Crippen LogP contribution is -2.58. The van der Waals surface area contributed by atoms with Gasteiger partial charge in [-0.2, -0.15) is 5.10 Å². The Bertz CT molecular complexity index is 523. The van der Waals surface area contributed by atoms with E-state index in [2.05, 4.69) is 24.0 Å². The van der Waals surface area contributed by atoms with Crippen molar-refractivity contribution in [2.24, 2.45) is 5.92 Å². The van der Waals surface area contributed by atoms with Crippen LogP contribution in [0.2, 0.25) is 0 Å². The van der Waals surface area contributed by atoms with Crippen LogP contribution in [-0.4, -0.2) is 57.5 Å². The van der Waals surface area contributed by atoms with Crippen molar-refractivity contribution in [3.8, 4) is 0 Å². The fourth-order valence-electron chi connectivity index (χ4n) is 2.75. The van der Waals surface area contributed by atoms with Gasteiger partial charge in [-0.3, -0.25) is 14.7 Å². The monoisotopic (exact) mass is 292 g/mol. The van der Waals surface area contributed by atoms with E-state index in [9.17, 15) is 9.59 Å². The first-order valence-corrected chi connectivity index (χ1v) is 7.57. The van der Waals surface area contributed by atoms with Gasteiger partial charge in [-0.25, -0.2) is 0 Å². The molecule has 0 spiro atoms. The van der Waals surface area contributed by atoms with Crippen LogP contribution in [-0.2, 0) is 11.2 Å². The summed E-state index contributed by atoms with van der Waals surface area (Å²) in [6.07, 6.45) is 2.27. The molecular weight excluding hydrogens is 268 g/mol. The molecule has 0 aromatic carbocycles. The zero-order chi connectivity index (χ0) is 15.6. The first-order chi connectivity index (χ1) is 9.95. The molecule has 2 rings (SSSR count). The van der Waals surface area contributed by atoms with E-state index in [0.717, 1.165) is 18.7 Å². The predicted molar refractivity (Wildman–Crippen MR) is 79.9 cm³/mol. The molecule has 1 aliphatic heterocycles. The highest BCUT2D eigenvalue weighted by Gasteiger charge is 2.35. The number of amides is 2. The Hall–Kier alpha value is -1.85. The van der Waals surface area contributed by atoms with Gasteiger partial charge in [0.25, 0.3) is 5.91 Å². The first-order valence-electron chi connectivity index (χ1n) is 7.57. The third-order valence-electron chi connectivity index (χ3n) is 3.90. The Morgan fingerprint density at radius 3 is 2.81 bits per heavy atom. The highest BCUT2D eigenvalue weighted by Crippen LogP contribution is 2.17. The van der Waals surface area contributed by atoms with Crippen molar-refractivity contribution in [1.82, 2.24) is 20.0 Å². The van der Waals surface area contributed by atoms with Crippen molar-refractivity contribution in [1.29, 1.82) is 0 Å². The van der Waals surface area contributed by atoms with E-state index < -0.39 is 6.04 Å². The molecule has 1 atom stereocenters. The van der Waals surface area contributed by atoms with Gasteiger partial charge in [0.05, 0.1) is 11.8 Å². The van der Waals surface area contributed by atoms with E-state index in [4.69, 9.17) is 0 Å². The van der Waals surface area contributed by atoms with E-state index >= 15 is 0 Å².